The Morgan fingerprint density at radius 1 is 0.826 bits per heavy atom. The highest BCUT2D eigenvalue weighted by Crippen LogP contribution is 2.54. The maximum atomic E-state index is 15.1. The van der Waals surface area contributed by atoms with Gasteiger partial charge in [-0.2, -0.15) is 0 Å². The molecule has 2 amide bonds. The number of hydrogen-bond donors (Lipinski definition) is 0. The number of halogens is 2. The van der Waals surface area contributed by atoms with Crippen LogP contribution in [0.2, 0.25) is 10.0 Å². The Morgan fingerprint density at radius 2 is 1.37 bits per heavy atom. The fraction of sp³-hybridized carbons (Fsp3) is 0.474. The van der Waals surface area contributed by atoms with Crippen LogP contribution < -0.4 is 4.74 Å². The number of amidine groups is 1. The number of urea groups is 1. The van der Waals surface area contributed by atoms with Gasteiger partial charge in [0.1, 0.15) is 22.7 Å². The summed E-state index contributed by atoms with van der Waals surface area (Å²) in [7, 11) is 0. The fourth-order valence-corrected chi connectivity index (χ4v) is 6.92. The molecule has 46 heavy (non-hydrogen) atoms. The summed E-state index contributed by atoms with van der Waals surface area (Å²) in [6.45, 7) is 22.2. The topological polar surface area (TPSA) is 48.4 Å². The summed E-state index contributed by atoms with van der Waals surface area (Å²) in [4.78, 5) is 27.0. The van der Waals surface area contributed by atoms with E-state index in [-0.39, 0.29) is 17.6 Å². The van der Waals surface area contributed by atoms with Crippen LogP contribution in [0.1, 0.15) is 84.6 Å². The molecule has 3 aromatic carbocycles. The number of rotatable bonds is 6. The van der Waals surface area contributed by atoms with Gasteiger partial charge < -0.3 is 9.64 Å². The Bertz CT molecular complexity index is 1590. The minimum atomic E-state index is -0.940. The Balaban J connectivity index is 1.77. The van der Waals surface area contributed by atoms with Crippen molar-refractivity contribution in [1.82, 2.24) is 14.7 Å². The lowest BCUT2D eigenvalue weighted by Gasteiger charge is -2.47. The van der Waals surface area contributed by atoms with Gasteiger partial charge in [0, 0.05) is 42.3 Å². The molecule has 0 unspecified atom stereocenters. The predicted octanol–water partition coefficient (Wildman–Crippen LogP) is 9.12. The molecule has 0 aliphatic carbocycles. The first-order chi connectivity index (χ1) is 21.6. The van der Waals surface area contributed by atoms with Crippen molar-refractivity contribution >= 4 is 35.1 Å². The molecule has 0 spiro atoms. The summed E-state index contributed by atoms with van der Waals surface area (Å²) in [6.07, 6.45) is -0.0745. The minimum Gasteiger partial charge on any atom is -0.490 e. The molecule has 6 nitrogen and oxygen atoms in total. The fourth-order valence-electron chi connectivity index (χ4n) is 6.66. The van der Waals surface area contributed by atoms with Gasteiger partial charge in [-0.25, -0.2) is 4.79 Å². The molecule has 246 valence electrons. The Labute approximate surface area is 285 Å². The molecule has 0 aromatic heterocycles. The van der Waals surface area contributed by atoms with Gasteiger partial charge in [0.05, 0.1) is 11.7 Å². The monoisotopic (exact) mass is 662 g/mol. The highest BCUT2D eigenvalue weighted by Gasteiger charge is 2.60. The van der Waals surface area contributed by atoms with E-state index in [1.807, 2.05) is 72.2 Å². The van der Waals surface area contributed by atoms with Gasteiger partial charge in [-0.05, 0) is 100 Å². The van der Waals surface area contributed by atoms with E-state index >= 15 is 4.79 Å². The zero-order chi connectivity index (χ0) is 33.6. The Hall–Kier alpha value is -3.06. The Kier molecular flexibility index (Phi) is 9.58. The quantitative estimate of drug-likeness (QED) is 0.264. The SMILES string of the molecule is CC(C)Oc1cc(C(C)(C)C)ccc1C1=N[C@@](C)(c2ccc(Cl)cc2)[C@](C)(c2ccc(Cl)cc2)N1C(=O)N1CCN(C(C)C)CC1. The van der Waals surface area contributed by atoms with E-state index < -0.39 is 11.1 Å². The second-order valence-corrected chi connectivity index (χ2v) is 15.3. The molecule has 0 N–H and O–H groups in total. The zero-order valence-electron chi connectivity index (χ0n) is 28.7. The van der Waals surface area contributed by atoms with Crippen LogP contribution in [-0.4, -0.2) is 64.9 Å². The number of ether oxygens (including phenoxy) is 1. The second-order valence-electron chi connectivity index (χ2n) is 14.5. The van der Waals surface area contributed by atoms with Gasteiger partial charge in [0.25, 0.3) is 0 Å². The van der Waals surface area contributed by atoms with E-state index in [0.717, 1.165) is 35.3 Å². The molecule has 0 bridgehead atoms. The van der Waals surface area contributed by atoms with Crippen molar-refractivity contribution in [2.24, 2.45) is 4.99 Å². The van der Waals surface area contributed by atoms with E-state index in [0.29, 0.717) is 40.8 Å². The third-order valence-corrected chi connectivity index (χ3v) is 10.2. The first-order valence-corrected chi connectivity index (χ1v) is 17.1. The largest absolute Gasteiger partial charge is 0.490 e. The summed E-state index contributed by atoms with van der Waals surface area (Å²) in [5, 5.41) is 1.27. The van der Waals surface area contributed by atoms with Crippen LogP contribution in [0.15, 0.2) is 71.7 Å². The maximum Gasteiger partial charge on any atom is 0.326 e. The number of carbonyl (C=O) groups excluding carboxylic acids is 1. The van der Waals surface area contributed by atoms with E-state index in [1.165, 1.54) is 0 Å². The standard InChI is InChI=1S/C38H48Cl2N4O2/c1-25(2)42-20-22-43(23-21-42)35(45)44-34(32-19-14-29(36(5,6)7)24-33(32)46-26(3)4)41-37(8,27-10-15-30(39)16-11-27)38(44,9)28-12-17-31(40)18-13-28/h10-19,24-26H,20-23H2,1-9H3/t37-,38-/m0/s1. The highest BCUT2D eigenvalue weighted by molar-refractivity contribution is 6.30. The van der Waals surface area contributed by atoms with E-state index in [9.17, 15) is 0 Å². The molecule has 2 aliphatic heterocycles. The number of carbonyl (C=O) groups is 1. The lowest BCUT2D eigenvalue weighted by Crippen LogP contribution is -2.61. The summed E-state index contributed by atoms with van der Waals surface area (Å²) in [5.74, 6) is 1.30. The predicted molar refractivity (Wildman–Crippen MR) is 191 cm³/mol. The molecule has 2 aliphatic rings. The van der Waals surface area contributed by atoms with Gasteiger partial charge in [-0.15, -0.1) is 0 Å². The molecule has 0 radical (unpaired) electrons. The van der Waals surface area contributed by atoms with E-state index in [4.69, 9.17) is 32.9 Å². The normalized spacial score (nSPS) is 22.5. The van der Waals surface area contributed by atoms with Crippen LogP contribution in [0.25, 0.3) is 0 Å². The molecule has 5 rings (SSSR count). The van der Waals surface area contributed by atoms with Gasteiger partial charge in [0.15, 0.2) is 0 Å². The number of amides is 2. The van der Waals surface area contributed by atoms with Crippen LogP contribution in [0.5, 0.6) is 5.75 Å². The smallest absolute Gasteiger partial charge is 0.326 e. The zero-order valence-corrected chi connectivity index (χ0v) is 30.2. The van der Waals surface area contributed by atoms with Crippen molar-refractivity contribution < 1.29 is 9.53 Å². The molecule has 3 aromatic rings. The number of hydrogen-bond acceptors (Lipinski definition) is 4. The molecule has 1 fully saturated rings. The van der Waals surface area contributed by atoms with Crippen molar-refractivity contribution in [2.45, 2.75) is 91.0 Å². The number of benzene rings is 3. The van der Waals surface area contributed by atoms with Gasteiger partial charge in [0.2, 0.25) is 0 Å². The number of aliphatic imine (C=N–C) groups is 1. The van der Waals surface area contributed by atoms with Crippen LogP contribution in [-0.2, 0) is 16.5 Å². The van der Waals surface area contributed by atoms with Gasteiger partial charge in [-0.3, -0.25) is 14.8 Å². The molecule has 1 saturated heterocycles. The van der Waals surface area contributed by atoms with Crippen LogP contribution in [0, 0.1) is 0 Å². The van der Waals surface area contributed by atoms with Crippen molar-refractivity contribution in [3.63, 3.8) is 0 Å². The van der Waals surface area contributed by atoms with Gasteiger partial charge >= 0.3 is 6.03 Å². The summed E-state index contributed by atoms with van der Waals surface area (Å²) < 4.78 is 6.51. The van der Waals surface area contributed by atoms with Crippen molar-refractivity contribution in [1.29, 1.82) is 0 Å². The highest BCUT2D eigenvalue weighted by atomic mass is 35.5. The maximum absolute atomic E-state index is 15.1. The molecule has 0 saturated carbocycles. The Morgan fingerprint density at radius 3 is 1.87 bits per heavy atom. The number of nitrogens with zero attached hydrogens (tertiary/aromatic N) is 4. The first-order valence-electron chi connectivity index (χ1n) is 16.3. The average Bonchev–Trinajstić information content (AvgIpc) is 3.24. The lowest BCUT2D eigenvalue weighted by atomic mass is 9.71. The summed E-state index contributed by atoms with van der Waals surface area (Å²) in [5.41, 5.74) is 1.89. The van der Waals surface area contributed by atoms with Crippen molar-refractivity contribution in [3.8, 4) is 5.75 Å². The third-order valence-electron chi connectivity index (χ3n) is 9.71. The van der Waals surface area contributed by atoms with Crippen molar-refractivity contribution in [2.75, 3.05) is 26.2 Å². The molecular weight excluding hydrogens is 615 g/mol. The number of piperazine rings is 1. The second kappa shape index (κ2) is 12.9. The summed E-state index contributed by atoms with van der Waals surface area (Å²) in [6, 6.07) is 22.3. The van der Waals surface area contributed by atoms with E-state index in [1.54, 1.807) is 0 Å². The average molecular weight is 664 g/mol. The van der Waals surface area contributed by atoms with Crippen molar-refractivity contribution in [3.05, 3.63) is 99.0 Å². The van der Waals surface area contributed by atoms with Crippen LogP contribution in [0.4, 0.5) is 4.79 Å². The molecule has 8 heteroatoms. The molecular formula is C38H48Cl2N4O2. The first kappa shape index (κ1) is 34.3. The van der Waals surface area contributed by atoms with Gasteiger partial charge in [-0.1, -0.05) is 74.3 Å². The third kappa shape index (κ3) is 6.28. The molecule has 2 heterocycles. The lowest BCUT2D eigenvalue weighted by molar-refractivity contribution is 0.0790. The van der Waals surface area contributed by atoms with Crippen LogP contribution >= 0.6 is 23.2 Å². The minimum absolute atomic E-state index is 0.0745. The van der Waals surface area contributed by atoms with E-state index in [2.05, 4.69) is 71.6 Å². The summed E-state index contributed by atoms with van der Waals surface area (Å²) >= 11 is 12.8. The van der Waals surface area contributed by atoms with Crippen LogP contribution in [0.3, 0.4) is 0 Å². The molecule has 2 atom stereocenters.